The number of esters is 2. The summed E-state index contributed by atoms with van der Waals surface area (Å²) in [5.41, 5.74) is -1.71. The lowest BCUT2D eigenvalue weighted by atomic mass is 9.76. The van der Waals surface area contributed by atoms with Crippen molar-refractivity contribution in [1.82, 2.24) is 14.5 Å². The molecule has 0 spiro atoms. The van der Waals surface area contributed by atoms with Gasteiger partial charge in [-0.25, -0.2) is 19.1 Å². The van der Waals surface area contributed by atoms with Gasteiger partial charge in [0.2, 0.25) is 0 Å². The standard InChI is InChI=1S/C47H61N3O11/c1-11-37-47(27-34-18-14-12-15-19-34,61-45(55)50-23-22-48-28-50)26-30(3)38(51)29(2)25-46(7,56-10)41(32(5)39(52)33(6)42(53)58-37)60-44-40(36(49(8)9)24-31(4)57-44)59-43(54)35-20-16-13-17-21-35/h12-23,26,28-29,31-33,36-37,40-41,44H,11,24-25,27H2,1-10H3/t29-,31-,32+,33-,36+,37-,40-,41-,44?,46+,47-/m1/s1. The molecule has 11 atom stereocenters. The van der Waals surface area contributed by atoms with Crippen molar-refractivity contribution in [2.45, 2.75) is 122 Å². The van der Waals surface area contributed by atoms with E-state index in [0.717, 1.165) is 10.1 Å². The van der Waals surface area contributed by atoms with E-state index in [1.165, 1.54) is 32.8 Å². The maximum Gasteiger partial charge on any atom is 0.420 e. The molecule has 1 saturated heterocycles. The molecule has 3 heterocycles. The molecule has 0 bridgehead atoms. The van der Waals surface area contributed by atoms with Crippen molar-refractivity contribution in [1.29, 1.82) is 0 Å². The van der Waals surface area contributed by atoms with Gasteiger partial charge in [0.05, 0.1) is 29.4 Å². The van der Waals surface area contributed by atoms with E-state index < -0.39 is 77.4 Å². The largest absolute Gasteiger partial charge is 0.457 e. The number of carbonyl (C=O) groups is 5. The molecule has 5 rings (SSSR count). The zero-order valence-corrected chi connectivity index (χ0v) is 36.9. The molecule has 1 unspecified atom stereocenters. The monoisotopic (exact) mass is 843 g/mol. The van der Waals surface area contributed by atoms with Crippen LogP contribution in [0.3, 0.4) is 0 Å². The molecule has 330 valence electrons. The third kappa shape index (κ3) is 10.9. The van der Waals surface area contributed by atoms with E-state index in [9.17, 15) is 24.0 Å². The molecule has 14 heteroatoms. The van der Waals surface area contributed by atoms with Gasteiger partial charge < -0.3 is 33.3 Å². The Morgan fingerprint density at radius 1 is 0.984 bits per heavy atom. The number of ether oxygens (including phenoxy) is 6. The summed E-state index contributed by atoms with van der Waals surface area (Å²) in [5.74, 6) is -5.36. The molecule has 0 saturated carbocycles. The highest BCUT2D eigenvalue weighted by Crippen LogP contribution is 2.39. The van der Waals surface area contributed by atoms with Gasteiger partial charge in [-0.2, -0.15) is 0 Å². The normalized spacial score (nSPS) is 31.8. The number of aromatic nitrogens is 2. The molecule has 0 radical (unpaired) electrons. The first-order valence-corrected chi connectivity index (χ1v) is 20.9. The molecule has 0 N–H and O–H groups in total. The number of allylic oxidation sites excluding steroid dienone is 1. The quantitative estimate of drug-likeness (QED) is 0.121. The lowest BCUT2D eigenvalue weighted by Crippen LogP contribution is -2.60. The second kappa shape index (κ2) is 20.2. The maximum absolute atomic E-state index is 14.7. The highest BCUT2D eigenvalue weighted by Gasteiger charge is 2.52. The number of hydrogen-bond donors (Lipinski definition) is 0. The van der Waals surface area contributed by atoms with E-state index in [4.69, 9.17) is 28.4 Å². The summed E-state index contributed by atoms with van der Waals surface area (Å²) in [6.45, 7) is 11.9. The van der Waals surface area contributed by atoms with E-state index in [-0.39, 0.29) is 42.8 Å². The average molecular weight is 844 g/mol. The molecule has 3 aromatic rings. The van der Waals surface area contributed by atoms with Crippen molar-refractivity contribution in [3.8, 4) is 0 Å². The van der Waals surface area contributed by atoms with Crippen LogP contribution in [0.25, 0.3) is 0 Å². The van der Waals surface area contributed by atoms with E-state index in [1.807, 2.05) is 56.3 Å². The fourth-order valence-electron chi connectivity index (χ4n) is 8.63. The minimum atomic E-state index is -1.70. The first kappa shape index (κ1) is 47.0. The minimum Gasteiger partial charge on any atom is -0.457 e. The van der Waals surface area contributed by atoms with Crippen molar-refractivity contribution in [3.05, 3.63) is 102 Å². The number of ketones is 2. The number of methoxy groups -OCH3 is 1. The van der Waals surface area contributed by atoms with Crippen molar-refractivity contribution in [2.24, 2.45) is 17.8 Å². The molecule has 0 amide bonds. The Kier molecular flexibility index (Phi) is 15.6. The molecule has 2 aromatic carbocycles. The lowest BCUT2D eigenvalue weighted by Gasteiger charge is -2.47. The minimum absolute atomic E-state index is 0.0350. The van der Waals surface area contributed by atoms with Crippen LogP contribution in [0.5, 0.6) is 0 Å². The topological polar surface area (TPSA) is 162 Å². The molecule has 2 aliphatic rings. The van der Waals surface area contributed by atoms with Gasteiger partial charge in [0.25, 0.3) is 0 Å². The van der Waals surface area contributed by atoms with Gasteiger partial charge in [-0.1, -0.05) is 69.3 Å². The second-order valence-electron chi connectivity index (χ2n) is 16.9. The van der Waals surface area contributed by atoms with Gasteiger partial charge in [-0.05, 0) is 90.4 Å². The van der Waals surface area contributed by atoms with Gasteiger partial charge in [-0.3, -0.25) is 14.4 Å². The molecule has 2 aliphatic heterocycles. The summed E-state index contributed by atoms with van der Waals surface area (Å²) < 4.78 is 39.4. The third-order valence-corrected chi connectivity index (χ3v) is 12.0. The summed E-state index contributed by atoms with van der Waals surface area (Å²) in [7, 11) is 5.23. The highest BCUT2D eigenvalue weighted by molar-refractivity contribution is 6.00. The van der Waals surface area contributed by atoms with Gasteiger partial charge >= 0.3 is 18.0 Å². The van der Waals surface area contributed by atoms with Gasteiger partial charge in [0.15, 0.2) is 29.6 Å². The van der Waals surface area contributed by atoms with Crippen molar-refractivity contribution in [3.63, 3.8) is 0 Å². The van der Waals surface area contributed by atoms with Crippen LogP contribution in [-0.2, 0) is 49.2 Å². The van der Waals surface area contributed by atoms with Crippen LogP contribution < -0.4 is 0 Å². The van der Waals surface area contributed by atoms with Crippen LogP contribution in [0.2, 0.25) is 0 Å². The Morgan fingerprint density at radius 3 is 2.23 bits per heavy atom. The van der Waals surface area contributed by atoms with Crippen LogP contribution in [0, 0.1) is 17.8 Å². The molecule has 1 fully saturated rings. The molecule has 1 aromatic heterocycles. The lowest BCUT2D eigenvalue weighted by molar-refractivity contribution is -0.294. The zero-order valence-electron chi connectivity index (χ0n) is 36.9. The Morgan fingerprint density at radius 2 is 1.64 bits per heavy atom. The number of hydrogen-bond acceptors (Lipinski definition) is 13. The number of cyclic esters (lactones) is 1. The number of Topliss-reactive ketones (excluding diaryl/α,β-unsaturated/α-hetero) is 2. The number of rotatable bonds is 10. The van der Waals surface area contributed by atoms with E-state index in [2.05, 4.69) is 4.98 Å². The predicted octanol–water partition coefficient (Wildman–Crippen LogP) is 6.65. The molecular weight excluding hydrogens is 783 g/mol. The third-order valence-electron chi connectivity index (χ3n) is 12.0. The van der Waals surface area contributed by atoms with Gasteiger partial charge in [0.1, 0.15) is 18.3 Å². The van der Waals surface area contributed by atoms with Gasteiger partial charge in [0, 0.05) is 37.8 Å². The van der Waals surface area contributed by atoms with Crippen LogP contribution >= 0.6 is 0 Å². The van der Waals surface area contributed by atoms with Crippen LogP contribution in [0.15, 0.2) is 91.0 Å². The van der Waals surface area contributed by atoms with Crippen molar-refractivity contribution in [2.75, 3.05) is 21.2 Å². The molecule has 14 nitrogen and oxygen atoms in total. The smallest absolute Gasteiger partial charge is 0.420 e. The predicted molar refractivity (Wildman–Crippen MR) is 225 cm³/mol. The molecule has 0 aliphatic carbocycles. The first-order valence-electron chi connectivity index (χ1n) is 20.9. The highest BCUT2D eigenvalue weighted by atomic mass is 16.7. The number of likely N-dealkylation sites (N-methyl/N-ethyl adjacent to an activating group) is 1. The molecule has 61 heavy (non-hydrogen) atoms. The fourth-order valence-corrected chi connectivity index (χ4v) is 8.63. The summed E-state index contributed by atoms with van der Waals surface area (Å²) in [5, 5.41) is 0. The average Bonchev–Trinajstić information content (AvgIpc) is 3.80. The Balaban J connectivity index is 1.60. The number of imidazole rings is 1. The number of nitrogens with zero attached hydrogens (tertiary/aromatic N) is 3. The van der Waals surface area contributed by atoms with Crippen LogP contribution in [-0.4, -0.2) is 113 Å². The number of carbonyl (C=O) groups excluding carboxylic acids is 5. The SMILES string of the molecule is CC[C@H]1OC(=O)[C@H](C)C(=O)[C@H](C)[C@@H](OC2O[C@H](C)C[C@H](N(C)C)[C@H]2OC(=O)c2ccccc2)[C@@](C)(OC)C[C@@H](C)C(=O)C(C)=C[C@]1(Cc1ccccc1)OC(=O)n1ccnc1. The Labute approximate surface area is 358 Å². The summed E-state index contributed by atoms with van der Waals surface area (Å²) >= 11 is 0. The van der Waals surface area contributed by atoms with E-state index in [1.54, 1.807) is 71.0 Å². The van der Waals surface area contributed by atoms with Crippen LogP contribution in [0.1, 0.15) is 83.7 Å². The first-order chi connectivity index (χ1) is 28.9. The Hall–Kier alpha value is -5.02. The van der Waals surface area contributed by atoms with E-state index >= 15 is 0 Å². The zero-order chi connectivity index (χ0) is 44.6. The maximum atomic E-state index is 14.7. The number of benzene rings is 2. The second-order valence-corrected chi connectivity index (χ2v) is 16.9. The Bertz CT molecular complexity index is 2010. The molecular formula is C47H61N3O11. The van der Waals surface area contributed by atoms with E-state index in [0.29, 0.717) is 12.0 Å². The summed E-state index contributed by atoms with van der Waals surface area (Å²) in [4.78, 5) is 76.9. The summed E-state index contributed by atoms with van der Waals surface area (Å²) in [6, 6.07) is 17.5. The fraction of sp³-hybridized carbons (Fsp3) is 0.532. The van der Waals surface area contributed by atoms with Crippen LogP contribution in [0.4, 0.5) is 4.79 Å². The van der Waals surface area contributed by atoms with Gasteiger partial charge in [-0.15, -0.1) is 0 Å². The summed E-state index contributed by atoms with van der Waals surface area (Å²) in [6.07, 6.45) is 0.935. The van der Waals surface area contributed by atoms with Crippen molar-refractivity contribution < 1.29 is 52.4 Å². The van der Waals surface area contributed by atoms with Crippen molar-refractivity contribution >= 4 is 29.6 Å².